The van der Waals surface area contributed by atoms with Gasteiger partial charge in [0.15, 0.2) is 0 Å². The number of hydrogen-bond donors (Lipinski definition) is 1. The summed E-state index contributed by atoms with van der Waals surface area (Å²) >= 11 is 1.85. The van der Waals surface area contributed by atoms with Crippen LogP contribution in [-0.2, 0) is 13.0 Å². The quantitative estimate of drug-likeness (QED) is 0.754. The minimum atomic E-state index is 0.800. The normalized spacial score (nSPS) is 10.8. The summed E-state index contributed by atoms with van der Waals surface area (Å²) in [6.07, 6.45) is 2.91. The van der Waals surface area contributed by atoms with E-state index >= 15 is 0 Å². The van der Waals surface area contributed by atoms with Crippen LogP contribution < -0.4 is 10.1 Å². The van der Waals surface area contributed by atoms with Crippen LogP contribution in [0, 0.1) is 0 Å². The van der Waals surface area contributed by atoms with E-state index in [1.165, 1.54) is 9.75 Å². The summed E-state index contributed by atoms with van der Waals surface area (Å²) in [6, 6.07) is 12.4. The lowest BCUT2D eigenvalue weighted by atomic mass is 10.1. The number of anilines is 1. The monoisotopic (exact) mass is 298 g/mol. The number of aromatic nitrogens is 1. The second-order valence-corrected chi connectivity index (χ2v) is 6.04. The molecule has 1 aromatic carbocycles. The van der Waals surface area contributed by atoms with Gasteiger partial charge < -0.3 is 10.1 Å². The lowest BCUT2D eigenvalue weighted by molar-refractivity contribution is 0.420. The van der Waals surface area contributed by atoms with Gasteiger partial charge in [0.2, 0.25) is 0 Å². The predicted molar refractivity (Wildman–Crippen MR) is 89.3 cm³/mol. The highest BCUT2D eigenvalue weighted by atomic mass is 32.1. The molecule has 3 aromatic rings. The van der Waals surface area contributed by atoms with E-state index in [1.807, 2.05) is 35.7 Å². The van der Waals surface area contributed by atoms with Gasteiger partial charge >= 0.3 is 0 Å². The fourth-order valence-electron chi connectivity index (χ4n) is 2.38. The van der Waals surface area contributed by atoms with E-state index < -0.39 is 0 Å². The van der Waals surface area contributed by atoms with Gasteiger partial charge in [0.25, 0.3) is 0 Å². The third kappa shape index (κ3) is 2.85. The zero-order valence-electron chi connectivity index (χ0n) is 12.2. The van der Waals surface area contributed by atoms with Crippen molar-refractivity contribution in [1.29, 1.82) is 0 Å². The summed E-state index contributed by atoms with van der Waals surface area (Å²) in [5.41, 5.74) is 0. The van der Waals surface area contributed by atoms with E-state index in [2.05, 4.69) is 35.4 Å². The van der Waals surface area contributed by atoms with Crippen LogP contribution in [0.5, 0.6) is 5.75 Å². The van der Waals surface area contributed by atoms with Crippen LogP contribution in [0.15, 0.2) is 42.6 Å². The molecule has 21 heavy (non-hydrogen) atoms. The molecule has 0 aliphatic rings. The molecule has 0 spiro atoms. The molecule has 4 heteroatoms. The Morgan fingerprint density at radius 2 is 1.95 bits per heavy atom. The van der Waals surface area contributed by atoms with Gasteiger partial charge in [-0.15, -0.1) is 11.3 Å². The topological polar surface area (TPSA) is 34.2 Å². The van der Waals surface area contributed by atoms with Crippen molar-refractivity contribution in [3.05, 3.63) is 52.3 Å². The van der Waals surface area contributed by atoms with Crippen LogP contribution in [-0.4, -0.2) is 12.1 Å². The van der Waals surface area contributed by atoms with E-state index in [-0.39, 0.29) is 0 Å². The maximum absolute atomic E-state index is 5.41. The molecular formula is C17H18N2OS. The second-order valence-electron chi connectivity index (χ2n) is 4.79. The molecule has 0 bridgehead atoms. The maximum Gasteiger partial charge on any atom is 0.134 e. The van der Waals surface area contributed by atoms with Gasteiger partial charge in [-0.25, -0.2) is 4.98 Å². The molecule has 3 rings (SSSR count). The minimum absolute atomic E-state index is 0.800. The summed E-state index contributed by atoms with van der Waals surface area (Å²) in [5.74, 6) is 1.78. The highest BCUT2D eigenvalue weighted by molar-refractivity contribution is 7.12. The minimum Gasteiger partial charge on any atom is -0.496 e. The number of pyridine rings is 1. The summed E-state index contributed by atoms with van der Waals surface area (Å²) < 4.78 is 5.41. The smallest absolute Gasteiger partial charge is 0.134 e. The van der Waals surface area contributed by atoms with Crippen LogP contribution >= 0.6 is 11.3 Å². The number of nitrogens with one attached hydrogen (secondary N) is 1. The molecule has 0 amide bonds. The van der Waals surface area contributed by atoms with Crippen molar-refractivity contribution < 1.29 is 4.74 Å². The summed E-state index contributed by atoms with van der Waals surface area (Å²) in [5, 5.41) is 5.60. The third-order valence-electron chi connectivity index (χ3n) is 3.48. The van der Waals surface area contributed by atoms with Crippen LogP contribution in [0.4, 0.5) is 5.82 Å². The van der Waals surface area contributed by atoms with E-state index in [0.29, 0.717) is 0 Å². The largest absolute Gasteiger partial charge is 0.496 e. The molecule has 0 fully saturated rings. The number of thiophene rings is 1. The van der Waals surface area contributed by atoms with Crippen molar-refractivity contribution in [1.82, 2.24) is 4.98 Å². The second kappa shape index (κ2) is 6.14. The summed E-state index contributed by atoms with van der Waals surface area (Å²) in [7, 11) is 1.69. The molecule has 0 saturated carbocycles. The Balaban J connectivity index is 1.87. The number of hydrogen-bond acceptors (Lipinski definition) is 4. The lowest BCUT2D eigenvalue weighted by Gasteiger charge is -2.10. The maximum atomic E-state index is 5.41. The number of methoxy groups -OCH3 is 1. The van der Waals surface area contributed by atoms with Gasteiger partial charge in [0.05, 0.1) is 13.7 Å². The summed E-state index contributed by atoms with van der Waals surface area (Å²) in [4.78, 5) is 7.21. The molecule has 0 unspecified atom stereocenters. The van der Waals surface area contributed by atoms with E-state index in [0.717, 1.165) is 35.3 Å². The number of aryl methyl sites for hydroxylation is 1. The average Bonchev–Trinajstić information content (AvgIpc) is 3.00. The molecule has 2 aromatic heterocycles. The average molecular weight is 298 g/mol. The van der Waals surface area contributed by atoms with Crippen molar-refractivity contribution >= 4 is 27.9 Å². The van der Waals surface area contributed by atoms with Gasteiger partial charge in [0, 0.05) is 26.7 Å². The van der Waals surface area contributed by atoms with Gasteiger partial charge in [-0.05, 0) is 30.7 Å². The van der Waals surface area contributed by atoms with Gasteiger partial charge in [-0.1, -0.05) is 19.1 Å². The van der Waals surface area contributed by atoms with E-state index in [4.69, 9.17) is 4.74 Å². The predicted octanol–water partition coefficient (Wildman–Crippen LogP) is 4.48. The fourth-order valence-corrected chi connectivity index (χ4v) is 3.27. The highest BCUT2D eigenvalue weighted by Crippen LogP contribution is 2.29. The van der Waals surface area contributed by atoms with Gasteiger partial charge in [-0.3, -0.25) is 0 Å². The van der Waals surface area contributed by atoms with Crippen LogP contribution in [0.1, 0.15) is 16.7 Å². The molecule has 3 nitrogen and oxygen atoms in total. The van der Waals surface area contributed by atoms with E-state index in [9.17, 15) is 0 Å². The van der Waals surface area contributed by atoms with E-state index in [1.54, 1.807) is 7.11 Å². The third-order valence-corrected chi connectivity index (χ3v) is 4.71. The Bertz CT molecular complexity index is 751. The molecule has 0 aliphatic heterocycles. The van der Waals surface area contributed by atoms with Crippen LogP contribution in [0.25, 0.3) is 10.8 Å². The fraction of sp³-hybridized carbons (Fsp3) is 0.235. The highest BCUT2D eigenvalue weighted by Gasteiger charge is 2.06. The molecule has 0 atom stereocenters. The molecular weight excluding hydrogens is 280 g/mol. The molecule has 0 aliphatic carbocycles. The zero-order valence-corrected chi connectivity index (χ0v) is 13.0. The number of fused-ring (bicyclic) bond motifs is 1. The molecule has 0 radical (unpaired) electrons. The zero-order chi connectivity index (χ0) is 14.7. The number of rotatable bonds is 5. The number of benzene rings is 1. The Labute approximate surface area is 128 Å². The number of ether oxygens (including phenoxy) is 1. The molecule has 0 saturated heterocycles. The standard InChI is InChI=1S/C17H18N2OS/c1-3-12-7-8-13(21-12)11-19-17-15-5-4-6-16(20-2)14(15)9-10-18-17/h4-10H,3,11H2,1-2H3,(H,18,19). The van der Waals surface area contributed by atoms with Gasteiger partial charge in [0.1, 0.15) is 11.6 Å². The molecule has 2 heterocycles. The van der Waals surface area contributed by atoms with Crippen molar-refractivity contribution in [3.8, 4) is 5.75 Å². The van der Waals surface area contributed by atoms with Crippen LogP contribution in [0.3, 0.4) is 0 Å². The van der Waals surface area contributed by atoms with Crippen molar-refractivity contribution in [2.45, 2.75) is 19.9 Å². The Morgan fingerprint density at radius 1 is 1.10 bits per heavy atom. The Kier molecular flexibility index (Phi) is 4.06. The van der Waals surface area contributed by atoms with Crippen LogP contribution in [0.2, 0.25) is 0 Å². The van der Waals surface area contributed by atoms with Crippen molar-refractivity contribution in [2.24, 2.45) is 0 Å². The summed E-state index contributed by atoms with van der Waals surface area (Å²) in [6.45, 7) is 2.98. The first-order chi connectivity index (χ1) is 10.3. The first-order valence-electron chi connectivity index (χ1n) is 7.05. The van der Waals surface area contributed by atoms with Gasteiger partial charge in [-0.2, -0.15) is 0 Å². The SMILES string of the molecule is CCc1ccc(CNc2nccc3c(OC)cccc23)s1. The lowest BCUT2D eigenvalue weighted by Crippen LogP contribution is -2.00. The first kappa shape index (κ1) is 13.9. The Hall–Kier alpha value is -2.07. The number of nitrogens with zero attached hydrogens (tertiary/aromatic N) is 1. The molecule has 1 N–H and O–H groups in total. The molecule has 108 valence electrons. The van der Waals surface area contributed by atoms with Crippen molar-refractivity contribution in [3.63, 3.8) is 0 Å². The van der Waals surface area contributed by atoms with Crippen molar-refractivity contribution in [2.75, 3.05) is 12.4 Å². The Morgan fingerprint density at radius 3 is 2.71 bits per heavy atom. The first-order valence-corrected chi connectivity index (χ1v) is 7.86.